The minimum absolute atomic E-state index is 0.0532. The molecule has 0 unspecified atom stereocenters. The summed E-state index contributed by atoms with van der Waals surface area (Å²) in [5, 5.41) is 5.50. The Morgan fingerprint density at radius 1 is 0.821 bits per heavy atom. The van der Waals surface area contributed by atoms with Crippen LogP contribution in [0, 0.1) is 6.92 Å². The highest BCUT2D eigenvalue weighted by Gasteiger charge is 2.04. The maximum absolute atomic E-state index is 11.9. The predicted octanol–water partition coefficient (Wildman–Crippen LogP) is 5.05. The molecule has 0 aromatic heterocycles. The molecule has 4 nitrogen and oxygen atoms in total. The van der Waals surface area contributed by atoms with E-state index in [2.05, 4.69) is 41.8 Å². The van der Waals surface area contributed by atoms with Crippen LogP contribution in [0.25, 0.3) is 0 Å². The lowest BCUT2D eigenvalue weighted by Crippen LogP contribution is -2.22. The van der Waals surface area contributed by atoms with Crippen molar-refractivity contribution in [2.24, 2.45) is 0 Å². The molecule has 0 saturated carbocycles. The molecule has 2 amide bonds. The number of hydrogen-bond acceptors (Lipinski definition) is 2. The molecule has 0 aliphatic heterocycles. The fraction of sp³-hybridized carbons (Fsp3) is 0.417. The number of carbonyl (C=O) groups excluding carboxylic acids is 2. The highest BCUT2D eigenvalue weighted by molar-refractivity contribution is 5.93. The molecule has 0 radical (unpaired) electrons. The lowest BCUT2D eigenvalue weighted by molar-refractivity contribution is -0.121. The van der Waals surface area contributed by atoms with Gasteiger partial charge >= 0.3 is 0 Å². The molecule has 0 saturated heterocycles. The molecule has 2 N–H and O–H groups in total. The third-order valence-electron chi connectivity index (χ3n) is 3.92. The highest BCUT2D eigenvalue weighted by atomic mass is 16.2. The Labute approximate surface area is 170 Å². The van der Waals surface area contributed by atoms with Crippen LogP contribution < -0.4 is 10.6 Å². The predicted molar refractivity (Wildman–Crippen MR) is 118 cm³/mol. The van der Waals surface area contributed by atoms with Crippen molar-refractivity contribution in [3.8, 4) is 0 Å². The van der Waals surface area contributed by atoms with Crippen LogP contribution in [-0.2, 0) is 17.8 Å². The van der Waals surface area contributed by atoms with Gasteiger partial charge < -0.3 is 10.6 Å². The zero-order valence-electron chi connectivity index (χ0n) is 18.3. The molecule has 0 aliphatic carbocycles. The van der Waals surface area contributed by atoms with Crippen LogP contribution in [0.3, 0.4) is 0 Å². The van der Waals surface area contributed by atoms with Crippen molar-refractivity contribution in [3.05, 3.63) is 70.8 Å². The minimum Gasteiger partial charge on any atom is -0.355 e. The van der Waals surface area contributed by atoms with Gasteiger partial charge in [0, 0.05) is 25.6 Å². The third kappa shape index (κ3) is 9.91. The summed E-state index contributed by atoms with van der Waals surface area (Å²) in [6.45, 7) is 10.6. The first kappa shape index (κ1) is 25.4. The van der Waals surface area contributed by atoms with E-state index in [9.17, 15) is 9.59 Å². The van der Waals surface area contributed by atoms with Crippen LogP contribution in [-0.4, -0.2) is 18.9 Å². The van der Waals surface area contributed by atoms with Gasteiger partial charge in [-0.05, 0) is 43.0 Å². The number of amides is 2. The van der Waals surface area contributed by atoms with E-state index in [0.717, 1.165) is 18.4 Å². The molecule has 154 valence electrons. The molecule has 0 atom stereocenters. The number of hydrogen-bond donors (Lipinski definition) is 2. The summed E-state index contributed by atoms with van der Waals surface area (Å²) in [6.07, 6.45) is 2.27. The summed E-state index contributed by atoms with van der Waals surface area (Å²) in [5.41, 5.74) is 4.11. The normalized spacial score (nSPS) is 9.21. The lowest BCUT2D eigenvalue weighted by Gasteiger charge is -2.07. The summed E-state index contributed by atoms with van der Waals surface area (Å²) in [5.74, 6) is -0.0563. The van der Waals surface area contributed by atoms with Crippen molar-refractivity contribution in [3.63, 3.8) is 0 Å². The lowest BCUT2D eigenvalue weighted by atomic mass is 10.1. The van der Waals surface area contributed by atoms with Gasteiger partial charge in [0.2, 0.25) is 5.91 Å². The first-order chi connectivity index (χ1) is 13.6. The van der Waals surface area contributed by atoms with Gasteiger partial charge in [-0.25, -0.2) is 0 Å². The van der Waals surface area contributed by atoms with E-state index in [1.807, 2.05) is 39.8 Å². The molecule has 4 heteroatoms. The van der Waals surface area contributed by atoms with Gasteiger partial charge in [0.1, 0.15) is 0 Å². The van der Waals surface area contributed by atoms with Crippen molar-refractivity contribution in [1.82, 2.24) is 10.6 Å². The Morgan fingerprint density at radius 3 is 1.89 bits per heavy atom. The summed E-state index contributed by atoms with van der Waals surface area (Å²) in [4.78, 5) is 23.4. The first-order valence-corrected chi connectivity index (χ1v) is 10.2. The summed E-state index contributed by atoms with van der Waals surface area (Å²) in [6, 6.07) is 15.7. The maximum atomic E-state index is 11.9. The van der Waals surface area contributed by atoms with Crippen LogP contribution in [0.2, 0.25) is 0 Å². The summed E-state index contributed by atoms with van der Waals surface area (Å²) >= 11 is 0. The molecule has 2 aromatic carbocycles. The number of nitrogens with one attached hydrogen (secondary N) is 2. The maximum Gasteiger partial charge on any atom is 0.251 e. The quantitative estimate of drug-likeness (QED) is 0.702. The van der Waals surface area contributed by atoms with Crippen LogP contribution >= 0.6 is 0 Å². The molecular weight excluding hydrogens is 348 g/mol. The van der Waals surface area contributed by atoms with E-state index in [4.69, 9.17) is 0 Å². The second-order valence-electron chi connectivity index (χ2n) is 5.89. The zero-order chi connectivity index (χ0) is 21.4. The fourth-order valence-electron chi connectivity index (χ4n) is 2.42. The molecule has 0 bridgehead atoms. The number of benzene rings is 2. The Morgan fingerprint density at radius 2 is 1.36 bits per heavy atom. The average Bonchev–Trinajstić information content (AvgIpc) is 2.76. The SMILES string of the molecule is CC.CC.CNC(=O)c1ccc(CNC(=O)CCCc2ccc(C)cc2)cc1. The van der Waals surface area contributed by atoms with E-state index in [1.54, 1.807) is 19.2 Å². The largest absolute Gasteiger partial charge is 0.355 e. The average molecular weight is 385 g/mol. The Bertz CT molecular complexity index is 677. The van der Waals surface area contributed by atoms with Gasteiger partial charge in [0.25, 0.3) is 5.91 Å². The standard InChI is InChI=1S/C20H24N2O2.2C2H6/c1-15-6-8-16(9-7-15)4-3-5-19(23)22-14-17-10-12-18(13-11-17)20(24)21-2;2*1-2/h6-13H,3-5,14H2,1-2H3,(H,21,24)(H,22,23);2*1-2H3. The minimum atomic E-state index is -0.110. The molecular formula is C24H36N2O2. The van der Waals surface area contributed by atoms with E-state index in [-0.39, 0.29) is 11.8 Å². The van der Waals surface area contributed by atoms with E-state index >= 15 is 0 Å². The molecule has 0 aliphatic rings. The van der Waals surface area contributed by atoms with E-state index < -0.39 is 0 Å². The van der Waals surface area contributed by atoms with E-state index in [0.29, 0.717) is 18.5 Å². The molecule has 0 fully saturated rings. The van der Waals surface area contributed by atoms with Crippen molar-refractivity contribution >= 4 is 11.8 Å². The molecule has 0 spiro atoms. The number of rotatable bonds is 7. The van der Waals surface area contributed by atoms with Crippen molar-refractivity contribution < 1.29 is 9.59 Å². The summed E-state index contributed by atoms with van der Waals surface area (Å²) < 4.78 is 0. The van der Waals surface area contributed by atoms with Gasteiger partial charge in [0.05, 0.1) is 0 Å². The van der Waals surface area contributed by atoms with Crippen LogP contribution in [0.5, 0.6) is 0 Å². The second-order valence-corrected chi connectivity index (χ2v) is 5.89. The van der Waals surface area contributed by atoms with Gasteiger partial charge in [-0.1, -0.05) is 69.7 Å². The molecule has 28 heavy (non-hydrogen) atoms. The molecule has 2 rings (SSSR count). The van der Waals surface area contributed by atoms with Crippen molar-refractivity contribution in [1.29, 1.82) is 0 Å². The first-order valence-electron chi connectivity index (χ1n) is 10.2. The topological polar surface area (TPSA) is 58.2 Å². The van der Waals surface area contributed by atoms with Gasteiger partial charge in [-0.15, -0.1) is 0 Å². The van der Waals surface area contributed by atoms with Gasteiger partial charge in [-0.3, -0.25) is 9.59 Å². The molecule has 0 heterocycles. The fourth-order valence-corrected chi connectivity index (χ4v) is 2.42. The monoisotopic (exact) mass is 384 g/mol. The smallest absolute Gasteiger partial charge is 0.251 e. The Kier molecular flexibility index (Phi) is 14.0. The van der Waals surface area contributed by atoms with E-state index in [1.165, 1.54) is 11.1 Å². The molecule has 2 aromatic rings. The third-order valence-corrected chi connectivity index (χ3v) is 3.92. The Hall–Kier alpha value is -2.62. The van der Waals surface area contributed by atoms with Crippen molar-refractivity contribution in [2.45, 2.75) is 60.4 Å². The van der Waals surface area contributed by atoms with Crippen LogP contribution in [0.15, 0.2) is 48.5 Å². The van der Waals surface area contributed by atoms with Gasteiger partial charge in [-0.2, -0.15) is 0 Å². The van der Waals surface area contributed by atoms with Crippen LogP contribution in [0.1, 0.15) is 67.6 Å². The van der Waals surface area contributed by atoms with Crippen molar-refractivity contribution in [2.75, 3.05) is 7.05 Å². The van der Waals surface area contributed by atoms with Crippen LogP contribution in [0.4, 0.5) is 0 Å². The summed E-state index contributed by atoms with van der Waals surface area (Å²) in [7, 11) is 1.60. The number of aryl methyl sites for hydroxylation is 2. The highest BCUT2D eigenvalue weighted by Crippen LogP contribution is 2.08. The number of carbonyl (C=O) groups is 2. The Balaban J connectivity index is 0.00000171. The second kappa shape index (κ2) is 15.4. The zero-order valence-corrected chi connectivity index (χ0v) is 18.3. The van der Waals surface area contributed by atoms with Gasteiger partial charge in [0.15, 0.2) is 0 Å².